The number of carbonyl (C=O) groups is 1. The first-order valence-corrected chi connectivity index (χ1v) is 12.3. The molecule has 5 aromatic rings. The number of carboxylic acid groups (broad SMARTS) is 1. The number of hydrogen-bond acceptors (Lipinski definition) is 5. The van der Waals surface area contributed by atoms with E-state index >= 15 is 0 Å². The summed E-state index contributed by atoms with van der Waals surface area (Å²) in [6, 6.07) is 22.4. The van der Waals surface area contributed by atoms with Gasteiger partial charge in [-0.05, 0) is 17.5 Å². The Bertz CT molecular complexity index is 1690. The van der Waals surface area contributed by atoms with Crippen molar-refractivity contribution in [1.29, 1.82) is 0 Å². The third-order valence-electron chi connectivity index (χ3n) is 6.55. The van der Waals surface area contributed by atoms with Gasteiger partial charge >= 0.3 is 18.9 Å². The number of pyridine rings is 1. The zero-order valence-electron chi connectivity index (χ0n) is 19.9. The van der Waals surface area contributed by atoms with Crippen LogP contribution in [0.15, 0.2) is 88.8 Å². The van der Waals surface area contributed by atoms with Gasteiger partial charge in [-0.1, -0.05) is 54.6 Å². The van der Waals surface area contributed by atoms with E-state index in [1.807, 2.05) is 84.5 Å². The Morgan fingerprint density at radius 1 is 1.06 bits per heavy atom. The molecule has 0 unspecified atom stereocenters. The van der Waals surface area contributed by atoms with E-state index in [1.54, 1.807) is 0 Å². The Balaban J connectivity index is 0.00000267. The number of aromatic nitrogens is 2. The summed E-state index contributed by atoms with van der Waals surface area (Å²) in [7, 11) is 1.98. The van der Waals surface area contributed by atoms with Crippen LogP contribution in [0.1, 0.15) is 11.6 Å². The van der Waals surface area contributed by atoms with Crippen LogP contribution in [0.4, 0.5) is 0 Å². The van der Waals surface area contributed by atoms with E-state index in [0.717, 1.165) is 44.1 Å². The number of hydrogen-bond donors (Lipinski definition) is 0. The van der Waals surface area contributed by atoms with Gasteiger partial charge in [-0.2, -0.15) is 0 Å². The summed E-state index contributed by atoms with van der Waals surface area (Å²) in [5, 5.41) is 15.5. The fraction of sp³-hybridized carbons (Fsp3) is 0.143. The molecule has 0 aliphatic carbocycles. The van der Waals surface area contributed by atoms with Gasteiger partial charge in [0.05, 0.1) is 17.0 Å². The number of rotatable bonds is 5. The maximum atomic E-state index is 13.1. The maximum absolute atomic E-state index is 13.1. The second kappa shape index (κ2) is 9.59. The Morgan fingerprint density at radius 2 is 1.78 bits per heavy atom. The number of benzene rings is 3. The molecule has 0 saturated heterocycles. The van der Waals surface area contributed by atoms with Crippen molar-refractivity contribution in [2.24, 2.45) is 7.05 Å². The van der Waals surface area contributed by atoms with Gasteiger partial charge in [0, 0.05) is 58.0 Å². The van der Waals surface area contributed by atoms with Gasteiger partial charge in [0.2, 0.25) is 0 Å². The number of para-hydroxylation sites is 1. The zero-order chi connectivity index (χ0) is 24.1. The minimum absolute atomic E-state index is 0. The molecule has 0 radical (unpaired) electrons. The largest absolute Gasteiger partial charge is 1.00 e. The number of fused-ring (bicyclic) bond motifs is 3. The summed E-state index contributed by atoms with van der Waals surface area (Å²) >= 11 is 1.37. The van der Waals surface area contributed by atoms with Crippen molar-refractivity contribution in [2.45, 2.75) is 17.7 Å². The Morgan fingerprint density at radius 3 is 2.58 bits per heavy atom. The Labute approximate surface area is 223 Å². The van der Waals surface area contributed by atoms with Crippen molar-refractivity contribution in [3.8, 4) is 16.9 Å². The van der Waals surface area contributed by atoms with Gasteiger partial charge in [-0.3, -0.25) is 9.36 Å². The van der Waals surface area contributed by atoms with Crippen LogP contribution >= 0.6 is 11.8 Å². The monoisotopic (exact) mass is 488 g/mol. The summed E-state index contributed by atoms with van der Waals surface area (Å²) in [6.07, 6.45) is 2.03. The molecule has 0 spiro atoms. The van der Waals surface area contributed by atoms with Gasteiger partial charge in [-0.25, -0.2) is 0 Å². The van der Waals surface area contributed by atoms with Crippen molar-refractivity contribution in [3.05, 3.63) is 94.9 Å². The average Bonchev–Trinajstić information content (AvgIpc) is 3.46. The number of thioether (sulfide) groups is 1. The zero-order valence-corrected chi connectivity index (χ0v) is 20.7. The van der Waals surface area contributed by atoms with E-state index in [0.29, 0.717) is 5.03 Å². The molecule has 6 rings (SSSR count). The molecule has 1 aliphatic rings. The molecular formula is C28H21LiN2O4S. The molecule has 3 aromatic carbocycles. The fourth-order valence-electron chi connectivity index (χ4n) is 4.91. The Kier molecular flexibility index (Phi) is 6.48. The van der Waals surface area contributed by atoms with Crippen molar-refractivity contribution < 1.29 is 33.5 Å². The molecule has 6 nitrogen and oxygen atoms in total. The molecule has 0 saturated carbocycles. The minimum atomic E-state index is -1.25. The summed E-state index contributed by atoms with van der Waals surface area (Å²) in [5.41, 5.74) is 3.18. The van der Waals surface area contributed by atoms with E-state index in [4.69, 9.17) is 4.74 Å². The van der Waals surface area contributed by atoms with Crippen LogP contribution in [-0.2, 0) is 18.4 Å². The number of aliphatic carboxylic acids is 1. The predicted octanol–water partition coefficient (Wildman–Crippen LogP) is 1.14. The van der Waals surface area contributed by atoms with E-state index in [9.17, 15) is 14.7 Å². The first kappa shape index (κ1) is 24.3. The molecule has 0 fully saturated rings. The van der Waals surface area contributed by atoms with Gasteiger partial charge < -0.3 is 19.2 Å². The quantitative estimate of drug-likeness (QED) is 0.347. The van der Waals surface area contributed by atoms with Gasteiger partial charge in [-0.15, -0.1) is 11.8 Å². The summed E-state index contributed by atoms with van der Waals surface area (Å²) in [5.74, 6) is -0.266. The molecule has 0 N–H and O–H groups in total. The SMILES string of the molecule is Cn1cc(-c2c(COc3cccc4ccccc34)cc(=O)n3c2SC[C@H]3C(=O)[O-])c2ccccc21.[Li+]. The molecular weight excluding hydrogens is 467 g/mol. The normalized spacial score (nSPS) is 14.5. The van der Waals surface area contributed by atoms with Crippen LogP contribution in [0.3, 0.4) is 0 Å². The van der Waals surface area contributed by atoms with Crippen LogP contribution in [0.2, 0.25) is 0 Å². The van der Waals surface area contributed by atoms with E-state index in [2.05, 4.69) is 0 Å². The van der Waals surface area contributed by atoms with E-state index in [-0.39, 0.29) is 36.8 Å². The third kappa shape index (κ3) is 3.94. The van der Waals surface area contributed by atoms with Crippen LogP contribution in [0.5, 0.6) is 5.75 Å². The minimum Gasteiger partial charge on any atom is -0.548 e. The number of carboxylic acids is 1. The van der Waals surface area contributed by atoms with Crippen molar-refractivity contribution in [2.75, 3.05) is 5.75 Å². The second-order valence-electron chi connectivity index (χ2n) is 8.64. The first-order chi connectivity index (χ1) is 17.0. The summed E-state index contributed by atoms with van der Waals surface area (Å²) in [4.78, 5) is 24.9. The Hall–Kier alpha value is -3.37. The maximum Gasteiger partial charge on any atom is 1.00 e. The topological polar surface area (TPSA) is 76.3 Å². The van der Waals surface area contributed by atoms with Crippen LogP contribution in [0.25, 0.3) is 32.8 Å². The molecule has 0 amide bonds. The van der Waals surface area contributed by atoms with Crippen LogP contribution in [-0.4, -0.2) is 20.9 Å². The van der Waals surface area contributed by atoms with Crippen molar-refractivity contribution >= 4 is 39.4 Å². The van der Waals surface area contributed by atoms with Crippen LogP contribution < -0.4 is 34.3 Å². The molecule has 3 heterocycles. The van der Waals surface area contributed by atoms with Gasteiger partial charge in [0.15, 0.2) is 0 Å². The summed E-state index contributed by atoms with van der Waals surface area (Å²) in [6.45, 7) is 0.173. The fourth-order valence-corrected chi connectivity index (χ4v) is 6.25. The van der Waals surface area contributed by atoms with Gasteiger partial charge in [0.25, 0.3) is 5.56 Å². The average molecular weight is 488 g/mol. The number of nitrogens with zero attached hydrogens (tertiary/aromatic N) is 2. The number of aryl methyl sites for hydroxylation is 1. The molecule has 0 bridgehead atoms. The number of carbonyl (C=O) groups excluding carboxylic acids is 1. The molecule has 36 heavy (non-hydrogen) atoms. The molecule has 1 atom stereocenters. The second-order valence-corrected chi connectivity index (χ2v) is 9.65. The van der Waals surface area contributed by atoms with Crippen LogP contribution in [0, 0.1) is 0 Å². The molecule has 2 aromatic heterocycles. The van der Waals surface area contributed by atoms with E-state index < -0.39 is 12.0 Å². The standard InChI is InChI=1S/C28H22N2O4S.Li/c1-29-14-21(20-10-4-5-11-22(20)29)26-18(13-25(31)30-23(28(32)33)16-35-27(26)30)15-34-24-12-6-8-17-7-2-3-9-19(17)24;/h2-14,23H,15-16H2,1H3,(H,32,33);/q;+1/p-1/t23-;/m0./s1. The van der Waals surface area contributed by atoms with Crippen molar-refractivity contribution in [3.63, 3.8) is 0 Å². The molecule has 1 aliphatic heterocycles. The molecule has 8 heteroatoms. The molecule has 174 valence electrons. The first-order valence-electron chi connectivity index (χ1n) is 11.3. The van der Waals surface area contributed by atoms with E-state index in [1.165, 1.54) is 22.4 Å². The third-order valence-corrected chi connectivity index (χ3v) is 7.71. The summed E-state index contributed by atoms with van der Waals surface area (Å²) < 4.78 is 9.68. The predicted molar refractivity (Wildman–Crippen MR) is 136 cm³/mol. The smallest absolute Gasteiger partial charge is 0.548 e. The van der Waals surface area contributed by atoms with Crippen molar-refractivity contribution in [1.82, 2.24) is 9.13 Å². The van der Waals surface area contributed by atoms with Gasteiger partial charge in [0.1, 0.15) is 12.4 Å². The number of ether oxygens (including phenoxy) is 1.